The van der Waals surface area contributed by atoms with Crippen LogP contribution in [0.1, 0.15) is 45.2 Å². The number of carbonyl (C=O) groups is 1. The number of halogens is 1. The summed E-state index contributed by atoms with van der Waals surface area (Å²) in [6, 6.07) is 5.43. The van der Waals surface area contributed by atoms with Gasteiger partial charge in [0.1, 0.15) is 17.1 Å². The van der Waals surface area contributed by atoms with Crippen molar-refractivity contribution in [2.75, 3.05) is 13.1 Å². The van der Waals surface area contributed by atoms with E-state index in [1.807, 2.05) is 20.8 Å². The van der Waals surface area contributed by atoms with Crippen molar-refractivity contribution in [3.8, 4) is 0 Å². The van der Waals surface area contributed by atoms with Crippen LogP contribution in [0.15, 0.2) is 24.3 Å². The minimum atomic E-state index is -0.568. The van der Waals surface area contributed by atoms with Gasteiger partial charge in [0.25, 0.3) is 5.69 Å². The first kappa shape index (κ1) is 19.0. The molecule has 2 heterocycles. The number of carbonyl (C=O) groups excluding carboxylic acids is 1. The van der Waals surface area contributed by atoms with Gasteiger partial charge in [-0.15, -0.1) is 0 Å². The second kappa shape index (κ2) is 7.09. The van der Waals surface area contributed by atoms with E-state index in [2.05, 4.69) is 4.98 Å². The Bertz CT molecular complexity index is 886. The monoisotopic (exact) mass is 375 g/mol. The molecule has 27 heavy (non-hydrogen) atoms. The van der Waals surface area contributed by atoms with Crippen molar-refractivity contribution in [3.05, 3.63) is 45.9 Å². The molecule has 2 aromatic rings. The van der Waals surface area contributed by atoms with Crippen molar-refractivity contribution in [2.45, 2.75) is 45.1 Å². The summed E-state index contributed by atoms with van der Waals surface area (Å²) in [5.41, 5.74) is 0.236. The van der Waals surface area contributed by atoms with Gasteiger partial charge in [-0.25, -0.2) is 14.2 Å². The number of ether oxygens (including phenoxy) is 1. The average Bonchev–Trinajstić information content (AvgIpc) is 2.59. The lowest BCUT2D eigenvalue weighted by Crippen LogP contribution is -2.41. The van der Waals surface area contributed by atoms with Crippen molar-refractivity contribution in [3.63, 3.8) is 0 Å². The molecular weight excluding hydrogens is 353 g/mol. The number of piperidine rings is 1. The molecule has 1 amide bonds. The third-order valence-corrected chi connectivity index (χ3v) is 4.52. The van der Waals surface area contributed by atoms with Crippen LogP contribution in [0.25, 0.3) is 10.9 Å². The van der Waals surface area contributed by atoms with Gasteiger partial charge in [-0.2, -0.15) is 0 Å². The molecule has 0 atom stereocenters. The van der Waals surface area contributed by atoms with Gasteiger partial charge in [0.2, 0.25) is 0 Å². The van der Waals surface area contributed by atoms with Crippen molar-refractivity contribution >= 4 is 22.7 Å². The van der Waals surface area contributed by atoms with Crippen LogP contribution in [-0.4, -0.2) is 39.6 Å². The zero-order valence-electron chi connectivity index (χ0n) is 15.6. The standard InChI is InChI=1S/C19H22FN3O4/c1-19(2,3)27-18(24)22-8-6-12(7-9-22)17-16(23(25)26)11-13-10-14(20)4-5-15(13)21-17/h4-5,10-12H,6-9H2,1-3H3. The quantitative estimate of drug-likeness (QED) is 0.574. The smallest absolute Gasteiger partial charge is 0.410 e. The highest BCUT2D eigenvalue weighted by Gasteiger charge is 2.31. The molecule has 1 saturated heterocycles. The minimum absolute atomic E-state index is 0.108. The summed E-state index contributed by atoms with van der Waals surface area (Å²) in [5.74, 6) is -0.601. The molecule has 8 heteroatoms. The third-order valence-electron chi connectivity index (χ3n) is 4.52. The van der Waals surface area contributed by atoms with E-state index >= 15 is 0 Å². The molecule has 0 N–H and O–H groups in total. The lowest BCUT2D eigenvalue weighted by Gasteiger charge is -2.33. The molecule has 1 aromatic carbocycles. The molecular formula is C19H22FN3O4. The van der Waals surface area contributed by atoms with Crippen LogP contribution in [0.2, 0.25) is 0 Å². The summed E-state index contributed by atoms with van der Waals surface area (Å²) < 4.78 is 18.8. The predicted molar refractivity (Wildman–Crippen MR) is 98.1 cm³/mol. The van der Waals surface area contributed by atoms with Crippen LogP contribution >= 0.6 is 0 Å². The summed E-state index contributed by atoms with van der Waals surface area (Å²) in [5, 5.41) is 11.9. The molecule has 1 fully saturated rings. The molecule has 0 bridgehead atoms. The highest BCUT2D eigenvalue weighted by molar-refractivity contribution is 5.81. The number of hydrogen-bond donors (Lipinski definition) is 0. The molecule has 0 aliphatic carbocycles. The Morgan fingerprint density at radius 3 is 2.56 bits per heavy atom. The molecule has 144 valence electrons. The minimum Gasteiger partial charge on any atom is -0.444 e. The topological polar surface area (TPSA) is 85.6 Å². The first-order valence-electron chi connectivity index (χ1n) is 8.86. The van der Waals surface area contributed by atoms with Gasteiger partial charge >= 0.3 is 6.09 Å². The highest BCUT2D eigenvalue weighted by atomic mass is 19.1. The third kappa shape index (κ3) is 4.32. The fourth-order valence-corrected chi connectivity index (χ4v) is 3.26. The number of fused-ring (bicyclic) bond motifs is 1. The van der Waals surface area contributed by atoms with Gasteiger partial charge in [0.15, 0.2) is 0 Å². The number of amides is 1. The maximum absolute atomic E-state index is 13.4. The summed E-state index contributed by atoms with van der Waals surface area (Å²) >= 11 is 0. The maximum Gasteiger partial charge on any atom is 0.410 e. The Morgan fingerprint density at radius 1 is 1.30 bits per heavy atom. The number of benzene rings is 1. The molecule has 3 rings (SSSR count). The van der Waals surface area contributed by atoms with Gasteiger partial charge < -0.3 is 9.64 Å². The first-order chi connectivity index (χ1) is 12.6. The van der Waals surface area contributed by atoms with Crippen LogP contribution in [0.3, 0.4) is 0 Å². The van der Waals surface area contributed by atoms with E-state index in [1.54, 1.807) is 4.90 Å². The summed E-state index contributed by atoms with van der Waals surface area (Å²) in [6.45, 7) is 6.31. The van der Waals surface area contributed by atoms with Crippen molar-refractivity contribution in [2.24, 2.45) is 0 Å². The van der Waals surface area contributed by atoms with E-state index in [9.17, 15) is 19.3 Å². The van der Waals surface area contributed by atoms with Gasteiger partial charge in [-0.05, 0) is 51.8 Å². The van der Waals surface area contributed by atoms with Gasteiger partial charge in [-0.1, -0.05) is 0 Å². The SMILES string of the molecule is CC(C)(C)OC(=O)N1CCC(c2nc3ccc(F)cc3cc2[N+](=O)[O-])CC1. The van der Waals surface area contributed by atoms with Gasteiger partial charge in [0.05, 0.1) is 10.4 Å². The zero-order valence-corrected chi connectivity index (χ0v) is 15.6. The van der Waals surface area contributed by atoms with Crippen LogP contribution in [-0.2, 0) is 4.74 Å². The predicted octanol–water partition coefficient (Wildman–Crippen LogP) is 4.40. The number of hydrogen-bond acceptors (Lipinski definition) is 5. The summed E-state index contributed by atoms with van der Waals surface area (Å²) in [6.07, 6.45) is 0.733. The molecule has 0 saturated carbocycles. The number of aromatic nitrogens is 1. The lowest BCUT2D eigenvalue weighted by atomic mass is 9.91. The Kier molecular flexibility index (Phi) is 4.99. The van der Waals surface area contributed by atoms with Crippen LogP contribution in [0, 0.1) is 15.9 Å². The molecule has 1 aromatic heterocycles. The number of nitrogens with zero attached hydrogens (tertiary/aromatic N) is 3. The van der Waals surface area contributed by atoms with Crippen LogP contribution in [0.5, 0.6) is 0 Å². The van der Waals surface area contributed by atoms with E-state index in [4.69, 9.17) is 4.74 Å². The van der Waals surface area contributed by atoms with Gasteiger partial charge in [0, 0.05) is 30.5 Å². The fraction of sp³-hybridized carbons (Fsp3) is 0.474. The summed E-state index contributed by atoms with van der Waals surface area (Å²) in [4.78, 5) is 29.3. The largest absolute Gasteiger partial charge is 0.444 e. The summed E-state index contributed by atoms with van der Waals surface area (Å²) in [7, 11) is 0. The molecule has 1 aliphatic rings. The van der Waals surface area contributed by atoms with E-state index in [0.717, 1.165) is 0 Å². The second-order valence-electron chi connectivity index (χ2n) is 7.73. The average molecular weight is 375 g/mol. The van der Waals surface area contributed by atoms with Crippen molar-refractivity contribution in [1.82, 2.24) is 9.88 Å². The Labute approximate surface area is 156 Å². The Hall–Kier alpha value is -2.77. The molecule has 0 unspecified atom stereocenters. The Morgan fingerprint density at radius 2 is 1.96 bits per heavy atom. The normalized spacial score (nSPS) is 15.8. The first-order valence-corrected chi connectivity index (χ1v) is 8.86. The second-order valence-corrected chi connectivity index (χ2v) is 7.73. The van der Waals surface area contributed by atoms with Crippen LogP contribution < -0.4 is 0 Å². The number of rotatable bonds is 2. The maximum atomic E-state index is 13.4. The lowest BCUT2D eigenvalue weighted by molar-refractivity contribution is -0.386. The highest BCUT2D eigenvalue weighted by Crippen LogP contribution is 2.35. The number of pyridine rings is 1. The van der Waals surface area contributed by atoms with E-state index in [-0.39, 0.29) is 17.7 Å². The van der Waals surface area contributed by atoms with E-state index < -0.39 is 16.3 Å². The van der Waals surface area contributed by atoms with Gasteiger partial charge in [-0.3, -0.25) is 10.1 Å². The molecule has 1 aliphatic heterocycles. The van der Waals surface area contributed by atoms with Crippen LogP contribution in [0.4, 0.5) is 14.9 Å². The van der Waals surface area contributed by atoms with Crippen molar-refractivity contribution < 1.29 is 18.8 Å². The molecule has 0 radical (unpaired) electrons. The van der Waals surface area contributed by atoms with Crippen molar-refractivity contribution in [1.29, 1.82) is 0 Å². The van der Waals surface area contributed by atoms with E-state index in [1.165, 1.54) is 24.3 Å². The zero-order chi connectivity index (χ0) is 19.8. The van der Waals surface area contributed by atoms with E-state index in [0.29, 0.717) is 42.5 Å². The molecule has 7 nitrogen and oxygen atoms in total. The number of nitro groups is 1. The molecule has 0 spiro atoms. The Balaban J connectivity index is 1.82. The fourth-order valence-electron chi connectivity index (χ4n) is 3.26. The number of likely N-dealkylation sites (tertiary alicyclic amines) is 1.